The van der Waals surface area contributed by atoms with Gasteiger partial charge in [-0.2, -0.15) is 9.65 Å². The van der Waals surface area contributed by atoms with Crippen LogP contribution in [0.25, 0.3) is 11.1 Å². The third kappa shape index (κ3) is 2.42. The van der Waals surface area contributed by atoms with Crippen LogP contribution in [0.1, 0.15) is 5.56 Å². The van der Waals surface area contributed by atoms with Crippen LogP contribution in [0.2, 0.25) is 0 Å². The van der Waals surface area contributed by atoms with E-state index in [0.717, 1.165) is 6.07 Å². The maximum atomic E-state index is 13.6. The van der Waals surface area contributed by atoms with E-state index in [1.807, 2.05) is 0 Å². The highest BCUT2D eigenvalue weighted by Gasteiger charge is 2.27. The molecule has 0 saturated heterocycles. The Bertz CT molecular complexity index is 737. The summed E-state index contributed by atoms with van der Waals surface area (Å²) in [7, 11) is 0. The molecule has 108 valence electrons. The second kappa shape index (κ2) is 5.44. The standard InChI is InChI=1S/C13H4F6N2/c14-8-7(9(15)11(17)12(18)10(8)16)6-3-5(1-2-20)13(19)21-4-6/h3-4H,1H2. The van der Waals surface area contributed by atoms with Gasteiger partial charge in [0.15, 0.2) is 23.3 Å². The highest BCUT2D eigenvalue weighted by atomic mass is 19.2. The third-order valence-corrected chi connectivity index (χ3v) is 2.68. The Hall–Kier alpha value is -2.56. The smallest absolute Gasteiger partial charge is 0.217 e. The molecule has 0 radical (unpaired) electrons. The quantitative estimate of drug-likeness (QED) is 0.367. The van der Waals surface area contributed by atoms with Crippen molar-refractivity contribution in [1.82, 2.24) is 4.98 Å². The fourth-order valence-corrected chi connectivity index (χ4v) is 1.70. The lowest BCUT2D eigenvalue weighted by atomic mass is 10.0. The van der Waals surface area contributed by atoms with Crippen LogP contribution >= 0.6 is 0 Å². The van der Waals surface area contributed by atoms with Crippen molar-refractivity contribution in [2.75, 3.05) is 0 Å². The Kier molecular flexibility index (Phi) is 3.84. The van der Waals surface area contributed by atoms with Gasteiger partial charge in [0.25, 0.3) is 0 Å². The van der Waals surface area contributed by atoms with Crippen molar-refractivity contribution in [3.63, 3.8) is 0 Å². The minimum absolute atomic E-state index is 0.320. The molecule has 0 N–H and O–H groups in total. The van der Waals surface area contributed by atoms with Gasteiger partial charge < -0.3 is 0 Å². The van der Waals surface area contributed by atoms with Crippen molar-refractivity contribution in [2.45, 2.75) is 6.42 Å². The molecule has 1 heterocycles. The zero-order valence-corrected chi connectivity index (χ0v) is 10.0. The molecule has 21 heavy (non-hydrogen) atoms. The van der Waals surface area contributed by atoms with Crippen molar-refractivity contribution in [3.05, 3.63) is 52.9 Å². The number of hydrogen-bond donors (Lipinski definition) is 0. The zero-order valence-electron chi connectivity index (χ0n) is 10.0. The Morgan fingerprint density at radius 3 is 1.95 bits per heavy atom. The fraction of sp³-hybridized carbons (Fsp3) is 0.0769. The molecular formula is C13H4F6N2. The molecule has 0 saturated carbocycles. The lowest BCUT2D eigenvalue weighted by Crippen LogP contribution is -2.05. The van der Waals surface area contributed by atoms with Gasteiger partial charge in [-0.15, -0.1) is 0 Å². The minimum atomic E-state index is -2.29. The predicted molar refractivity (Wildman–Crippen MR) is 58.7 cm³/mol. The van der Waals surface area contributed by atoms with Crippen molar-refractivity contribution < 1.29 is 26.3 Å². The van der Waals surface area contributed by atoms with Gasteiger partial charge in [-0.1, -0.05) is 0 Å². The van der Waals surface area contributed by atoms with Crippen LogP contribution in [0.3, 0.4) is 0 Å². The molecule has 1 aromatic carbocycles. The molecule has 0 aliphatic carbocycles. The number of pyridine rings is 1. The number of rotatable bonds is 2. The Morgan fingerprint density at radius 2 is 1.43 bits per heavy atom. The van der Waals surface area contributed by atoms with Crippen molar-refractivity contribution in [1.29, 1.82) is 5.26 Å². The molecule has 0 bridgehead atoms. The third-order valence-electron chi connectivity index (χ3n) is 2.68. The number of hydrogen-bond acceptors (Lipinski definition) is 2. The first-order valence-corrected chi connectivity index (χ1v) is 5.41. The lowest BCUT2D eigenvalue weighted by molar-refractivity contribution is 0.381. The van der Waals surface area contributed by atoms with E-state index in [4.69, 9.17) is 5.26 Å². The molecule has 1 aromatic heterocycles. The van der Waals surface area contributed by atoms with E-state index in [0.29, 0.717) is 6.20 Å². The van der Waals surface area contributed by atoms with E-state index >= 15 is 0 Å². The number of benzene rings is 1. The summed E-state index contributed by atoms with van der Waals surface area (Å²) in [6.07, 6.45) is 0.149. The van der Waals surface area contributed by atoms with Gasteiger partial charge in [0.2, 0.25) is 11.8 Å². The second-order valence-electron chi connectivity index (χ2n) is 3.95. The summed E-state index contributed by atoms with van der Waals surface area (Å²) < 4.78 is 79.6. The number of aromatic nitrogens is 1. The van der Waals surface area contributed by atoms with E-state index in [-0.39, 0.29) is 5.56 Å². The first kappa shape index (κ1) is 14.8. The summed E-state index contributed by atoms with van der Waals surface area (Å²) in [5, 5.41) is 8.48. The first-order valence-electron chi connectivity index (χ1n) is 5.41. The van der Waals surface area contributed by atoms with Gasteiger partial charge >= 0.3 is 0 Å². The zero-order chi connectivity index (χ0) is 15.7. The molecule has 0 unspecified atom stereocenters. The molecule has 2 aromatic rings. The SMILES string of the molecule is N#CCc1cc(-c2c(F)c(F)c(F)c(F)c2F)cnc1F. The van der Waals surface area contributed by atoms with Gasteiger partial charge in [-0.3, -0.25) is 0 Å². The summed E-state index contributed by atoms with van der Waals surface area (Å²) in [4.78, 5) is 3.15. The van der Waals surface area contributed by atoms with Crippen molar-refractivity contribution >= 4 is 0 Å². The number of nitriles is 1. The molecular weight excluding hydrogens is 298 g/mol. The normalized spacial score (nSPS) is 10.5. The minimum Gasteiger partial charge on any atom is -0.227 e. The average molecular weight is 302 g/mol. The molecule has 0 spiro atoms. The van der Waals surface area contributed by atoms with Crippen LogP contribution in [-0.2, 0) is 6.42 Å². The molecule has 0 aliphatic heterocycles. The van der Waals surface area contributed by atoms with Crippen LogP contribution in [0.5, 0.6) is 0 Å². The molecule has 0 aliphatic rings. The predicted octanol–water partition coefficient (Wildman–Crippen LogP) is 3.65. The van der Waals surface area contributed by atoms with Crippen LogP contribution in [-0.4, -0.2) is 4.98 Å². The number of nitrogens with zero attached hydrogens (tertiary/aromatic N) is 2. The van der Waals surface area contributed by atoms with E-state index in [9.17, 15) is 26.3 Å². The first-order chi connectivity index (χ1) is 9.88. The maximum absolute atomic E-state index is 13.6. The second-order valence-corrected chi connectivity index (χ2v) is 3.95. The van der Waals surface area contributed by atoms with Gasteiger partial charge in [-0.05, 0) is 6.07 Å². The van der Waals surface area contributed by atoms with Crippen LogP contribution in [0.4, 0.5) is 26.3 Å². The summed E-state index contributed by atoms with van der Waals surface area (Å²) in [6.45, 7) is 0. The average Bonchev–Trinajstić information content (AvgIpc) is 2.47. The van der Waals surface area contributed by atoms with Crippen molar-refractivity contribution in [3.8, 4) is 17.2 Å². The topological polar surface area (TPSA) is 36.7 Å². The number of halogens is 6. The fourth-order valence-electron chi connectivity index (χ4n) is 1.70. The summed E-state index contributed by atoms with van der Waals surface area (Å²) in [6, 6.07) is 2.40. The van der Waals surface area contributed by atoms with Gasteiger partial charge in [0.05, 0.1) is 18.1 Å². The highest BCUT2D eigenvalue weighted by Crippen LogP contribution is 2.31. The maximum Gasteiger partial charge on any atom is 0.217 e. The lowest BCUT2D eigenvalue weighted by Gasteiger charge is -2.09. The molecule has 8 heteroatoms. The Balaban J connectivity index is 2.74. The Morgan fingerprint density at radius 1 is 0.905 bits per heavy atom. The van der Waals surface area contributed by atoms with E-state index in [2.05, 4.69) is 4.98 Å². The molecule has 0 atom stereocenters. The Labute approximate surface area is 114 Å². The van der Waals surface area contributed by atoms with E-state index < -0.39 is 52.6 Å². The summed E-state index contributed by atoms with van der Waals surface area (Å²) >= 11 is 0. The van der Waals surface area contributed by atoms with Gasteiger partial charge in [-0.25, -0.2) is 26.9 Å². The monoisotopic (exact) mass is 302 g/mol. The molecule has 2 nitrogen and oxygen atoms in total. The van der Waals surface area contributed by atoms with E-state index in [1.54, 1.807) is 6.07 Å². The van der Waals surface area contributed by atoms with Crippen LogP contribution in [0.15, 0.2) is 12.3 Å². The van der Waals surface area contributed by atoms with Gasteiger partial charge in [0, 0.05) is 17.3 Å². The molecule has 0 fully saturated rings. The highest BCUT2D eigenvalue weighted by molar-refractivity contribution is 5.65. The molecule has 2 rings (SSSR count). The van der Waals surface area contributed by atoms with E-state index in [1.165, 1.54) is 0 Å². The van der Waals surface area contributed by atoms with Crippen molar-refractivity contribution in [2.24, 2.45) is 0 Å². The summed E-state index contributed by atoms with van der Waals surface area (Å²) in [5.74, 6) is -11.7. The van der Waals surface area contributed by atoms with Crippen LogP contribution in [0, 0.1) is 46.4 Å². The largest absolute Gasteiger partial charge is 0.227 e. The summed E-state index contributed by atoms with van der Waals surface area (Å²) in [5.41, 5.74) is -2.06. The van der Waals surface area contributed by atoms with Gasteiger partial charge in [0.1, 0.15) is 0 Å². The molecule has 0 amide bonds. The van der Waals surface area contributed by atoms with Crippen LogP contribution < -0.4 is 0 Å².